The topological polar surface area (TPSA) is 83.8 Å². The number of benzene rings is 1. The predicted octanol–water partition coefficient (Wildman–Crippen LogP) is 2.01. The van der Waals surface area contributed by atoms with E-state index in [-0.39, 0.29) is 17.9 Å². The molecule has 27 heavy (non-hydrogen) atoms. The Morgan fingerprint density at radius 3 is 2.59 bits per heavy atom. The maximum Gasteiger partial charge on any atom is 0.246 e. The zero-order chi connectivity index (χ0) is 18.6. The van der Waals surface area contributed by atoms with Crippen molar-refractivity contribution in [2.45, 2.75) is 25.3 Å². The Kier molecular flexibility index (Phi) is 4.79. The van der Waals surface area contributed by atoms with Crippen molar-refractivity contribution in [1.82, 2.24) is 20.8 Å². The van der Waals surface area contributed by atoms with Gasteiger partial charge >= 0.3 is 0 Å². The van der Waals surface area contributed by atoms with Gasteiger partial charge in [-0.05, 0) is 30.6 Å². The van der Waals surface area contributed by atoms with Gasteiger partial charge in [0.25, 0.3) is 0 Å². The van der Waals surface area contributed by atoms with Crippen molar-refractivity contribution in [3.8, 4) is 6.07 Å². The molecule has 2 N–H and O–H groups in total. The van der Waals surface area contributed by atoms with Crippen LogP contribution in [-0.2, 0) is 4.79 Å². The number of rotatable bonds is 3. The summed E-state index contributed by atoms with van der Waals surface area (Å²) in [6.07, 6.45) is 7.84. The van der Waals surface area contributed by atoms with E-state index in [1.165, 1.54) is 0 Å². The van der Waals surface area contributed by atoms with Crippen LogP contribution in [0.4, 0.5) is 0 Å². The highest BCUT2D eigenvalue weighted by molar-refractivity contribution is 5.82. The van der Waals surface area contributed by atoms with Gasteiger partial charge < -0.3 is 4.90 Å². The molecule has 1 atom stereocenters. The molecule has 7 nitrogen and oxygen atoms in total. The predicted molar refractivity (Wildman–Crippen MR) is 101 cm³/mol. The monoisotopic (exact) mass is 362 g/mol. The van der Waals surface area contributed by atoms with E-state index in [2.05, 4.69) is 39.1 Å². The molecule has 0 aliphatic carbocycles. The van der Waals surface area contributed by atoms with Gasteiger partial charge in [-0.25, -0.2) is 5.01 Å². The van der Waals surface area contributed by atoms with Gasteiger partial charge in [-0.2, -0.15) is 10.4 Å². The van der Waals surface area contributed by atoms with E-state index in [0.717, 1.165) is 43.7 Å². The Morgan fingerprint density at radius 2 is 1.93 bits per heavy atom. The summed E-state index contributed by atoms with van der Waals surface area (Å²) in [5.74, 6) is 1.04. The average molecular weight is 362 g/mol. The first-order valence-corrected chi connectivity index (χ1v) is 9.26. The number of nitrogens with one attached hydrogen (secondary N) is 2. The lowest BCUT2D eigenvalue weighted by Gasteiger charge is -2.36. The molecule has 1 fully saturated rings. The van der Waals surface area contributed by atoms with Crippen LogP contribution in [0.5, 0.6) is 0 Å². The van der Waals surface area contributed by atoms with Crippen molar-refractivity contribution in [3.05, 3.63) is 59.6 Å². The molecule has 7 heteroatoms. The van der Waals surface area contributed by atoms with Crippen LogP contribution in [0.25, 0.3) is 0 Å². The number of amides is 1. The van der Waals surface area contributed by atoms with Gasteiger partial charge in [-0.3, -0.25) is 15.6 Å². The lowest BCUT2D eigenvalue weighted by molar-refractivity contribution is -0.138. The van der Waals surface area contributed by atoms with E-state index >= 15 is 0 Å². The molecule has 1 aromatic rings. The van der Waals surface area contributed by atoms with E-state index in [1.54, 1.807) is 11.1 Å². The number of carbonyl (C=O) groups excluding carboxylic acids is 1. The summed E-state index contributed by atoms with van der Waals surface area (Å²) in [5, 5.41) is 14.9. The smallest absolute Gasteiger partial charge is 0.246 e. The Balaban J connectivity index is 1.38. The normalized spacial score (nSPS) is 22.4. The molecule has 0 aromatic heterocycles. The lowest BCUT2D eigenvalue weighted by Crippen LogP contribution is -2.46. The molecular weight excluding hydrogens is 340 g/mol. The summed E-state index contributed by atoms with van der Waals surface area (Å²) in [6, 6.07) is 12.2. The Morgan fingerprint density at radius 1 is 1.15 bits per heavy atom. The lowest BCUT2D eigenvalue weighted by atomic mass is 9.94. The molecule has 0 radical (unpaired) electrons. The summed E-state index contributed by atoms with van der Waals surface area (Å²) in [6.45, 7) is 1.58. The molecule has 3 aliphatic rings. The van der Waals surface area contributed by atoms with Gasteiger partial charge in [-0.15, -0.1) is 0 Å². The number of nitrogens with zero attached hydrogens (tertiary/aromatic N) is 4. The molecule has 0 spiro atoms. The molecule has 0 unspecified atom stereocenters. The first kappa shape index (κ1) is 17.2. The van der Waals surface area contributed by atoms with Crippen LogP contribution in [0.2, 0.25) is 0 Å². The number of hydrogen-bond donors (Lipinski definition) is 2. The molecule has 0 saturated carbocycles. The molecule has 1 amide bonds. The largest absolute Gasteiger partial charge is 0.357 e. The molecule has 4 rings (SSSR count). The third kappa shape index (κ3) is 3.51. The summed E-state index contributed by atoms with van der Waals surface area (Å²) < 4.78 is 0. The fourth-order valence-electron chi connectivity index (χ4n) is 3.76. The number of hydrazone groups is 1. The maximum absolute atomic E-state index is 13.1. The van der Waals surface area contributed by atoms with E-state index in [0.29, 0.717) is 5.70 Å². The van der Waals surface area contributed by atoms with E-state index in [1.807, 2.05) is 30.5 Å². The summed E-state index contributed by atoms with van der Waals surface area (Å²) >= 11 is 0. The van der Waals surface area contributed by atoms with Crippen LogP contribution >= 0.6 is 0 Å². The SMILES string of the molecule is N#CC1=CC=C(N2CCC(C(=O)N3N=CC[C@H]3c3ccccc3)CC2)NN1. The van der Waals surface area contributed by atoms with Crippen LogP contribution in [0.3, 0.4) is 0 Å². The molecular formula is C20H22N6O. The molecule has 138 valence electrons. The van der Waals surface area contributed by atoms with E-state index in [4.69, 9.17) is 5.26 Å². The second-order valence-corrected chi connectivity index (χ2v) is 6.90. The van der Waals surface area contributed by atoms with Crippen LogP contribution in [0, 0.1) is 17.2 Å². The average Bonchev–Trinajstić information content (AvgIpc) is 3.24. The molecule has 0 bridgehead atoms. The third-order valence-corrected chi connectivity index (χ3v) is 5.28. The van der Waals surface area contributed by atoms with Crippen molar-refractivity contribution < 1.29 is 4.79 Å². The van der Waals surface area contributed by atoms with Crippen molar-refractivity contribution in [3.63, 3.8) is 0 Å². The number of piperidine rings is 1. The summed E-state index contributed by atoms with van der Waals surface area (Å²) in [4.78, 5) is 15.3. The van der Waals surface area contributed by atoms with Crippen LogP contribution in [0.1, 0.15) is 30.9 Å². The zero-order valence-electron chi connectivity index (χ0n) is 15.0. The quantitative estimate of drug-likeness (QED) is 0.859. The minimum absolute atomic E-state index is 0.00919. The van der Waals surface area contributed by atoms with Gasteiger partial charge in [0.2, 0.25) is 5.91 Å². The Labute approximate surface area is 158 Å². The number of hydrazine groups is 1. The van der Waals surface area contributed by atoms with Gasteiger partial charge in [0.1, 0.15) is 17.6 Å². The standard InChI is InChI=1S/C20H22N6O/c21-14-17-6-7-19(24-23-17)25-12-9-16(10-13-25)20(27)26-18(8-11-22-26)15-4-2-1-3-5-15/h1-7,11,16,18,23-24H,8-10,12-13H2/t18-/m0/s1. The Hall–Kier alpha value is -3.27. The molecule has 3 heterocycles. The highest BCUT2D eigenvalue weighted by Gasteiger charge is 2.35. The van der Waals surface area contributed by atoms with E-state index in [9.17, 15) is 4.79 Å². The maximum atomic E-state index is 13.1. The second-order valence-electron chi connectivity index (χ2n) is 6.90. The highest BCUT2D eigenvalue weighted by Crippen LogP contribution is 2.32. The molecule has 1 saturated heterocycles. The van der Waals surface area contributed by atoms with Gasteiger partial charge in [-0.1, -0.05) is 30.3 Å². The van der Waals surface area contributed by atoms with Gasteiger partial charge in [0, 0.05) is 31.6 Å². The first-order chi connectivity index (χ1) is 13.3. The third-order valence-electron chi connectivity index (χ3n) is 5.28. The fraction of sp³-hybridized carbons (Fsp3) is 0.350. The highest BCUT2D eigenvalue weighted by atomic mass is 16.2. The van der Waals surface area contributed by atoms with Crippen LogP contribution in [0.15, 0.2) is 59.1 Å². The first-order valence-electron chi connectivity index (χ1n) is 9.26. The van der Waals surface area contributed by atoms with Crippen molar-refractivity contribution >= 4 is 12.1 Å². The minimum Gasteiger partial charge on any atom is -0.357 e. The van der Waals surface area contributed by atoms with Crippen LogP contribution in [-0.4, -0.2) is 35.1 Å². The molecule has 1 aromatic carbocycles. The van der Waals surface area contributed by atoms with Crippen molar-refractivity contribution in [2.75, 3.05) is 13.1 Å². The molecule has 3 aliphatic heterocycles. The number of carbonyl (C=O) groups is 1. The number of allylic oxidation sites excluding steroid dienone is 3. The summed E-state index contributed by atoms with van der Waals surface area (Å²) in [5.41, 5.74) is 7.53. The van der Waals surface area contributed by atoms with Gasteiger partial charge in [0.15, 0.2) is 0 Å². The van der Waals surface area contributed by atoms with Gasteiger partial charge in [0.05, 0.1) is 6.04 Å². The second kappa shape index (κ2) is 7.54. The number of likely N-dealkylation sites (tertiary alicyclic amines) is 1. The summed E-state index contributed by atoms with van der Waals surface area (Å²) in [7, 11) is 0. The van der Waals surface area contributed by atoms with Crippen LogP contribution < -0.4 is 10.9 Å². The number of hydrogen-bond acceptors (Lipinski definition) is 6. The number of nitriles is 1. The van der Waals surface area contributed by atoms with E-state index < -0.39 is 0 Å². The fourth-order valence-corrected chi connectivity index (χ4v) is 3.76. The zero-order valence-corrected chi connectivity index (χ0v) is 15.0. The van der Waals surface area contributed by atoms with Crippen molar-refractivity contribution in [2.24, 2.45) is 11.0 Å². The Bertz CT molecular complexity index is 830. The van der Waals surface area contributed by atoms with Crippen molar-refractivity contribution in [1.29, 1.82) is 5.26 Å². The minimum atomic E-state index is -0.00919.